The Balaban J connectivity index is 1.77. The van der Waals surface area contributed by atoms with Crippen LogP contribution in [0.4, 0.5) is 0 Å². The Hall–Kier alpha value is -2.96. The van der Waals surface area contributed by atoms with Crippen LogP contribution in [0.5, 0.6) is 0 Å². The third-order valence-corrected chi connectivity index (χ3v) is 7.20. The topological polar surface area (TPSA) is 71.8 Å². The molecule has 0 spiro atoms. The standard InChI is InChI=1S/C33H46N2O4/c1-5-8-13-30-31(28-23-27(18-19-29(28)39-30)33(37)34-24-38-4)32(36)26-16-14-25(15-17-26)12-11-22-35(20-9-6-2)21-10-7-3/h14-19,23H,5-13,20-22,24H2,1-4H3,(H,34,37). The van der Waals surface area contributed by atoms with Crippen molar-refractivity contribution in [3.8, 4) is 0 Å². The molecule has 1 heterocycles. The normalized spacial score (nSPS) is 11.4. The monoisotopic (exact) mass is 534 g/mol. The molecule has 0 unspecified atom stereocenters. The molecule has 0 bridgehead atoms. The van der Waals surface area contributed by atoms with Crippen LogP contribution in [0.2, 0.25) is 0 Å². The summed E-state index contributed by atoms with van der Waals surface area (Å²) in [5, 5.41) is 3.38. The van der Waals surface area contributed by atoms with Gasteiger partial charge in [-0.3, -0.25) is 9.59 Å². The van der Waals surface area contributed by atoms with E-state index < -0.39 is 0 Å². The van der Waals surface area contributed by atoms with Crippen LogP contribution >= 0.6 is 0 Å². The van der Waals surface area contributed by atoms with Crippen molar-refractivity contribution in [3.63, 3.8) is 0 Å². The Morgan fingerprint density at radius 3 is 2.10 bits per heavy atom. The zero-order valence-corrected chi connectivity index (χ0v) is 24.3. The minimum atomic E-state index is -0.249. The summed E-state index contributed by atoms with van der Waals surface area (Å²) in [5.74, 6) is 0.376. The van der Waals surface area contributed by atoms with Gasteiger partial charge < -0.3 is 19.4 Å². The molecule has 0 fully saturated rings. The van der Waals surface area contributed by atoms with Gasteiger partial charge in [-0.15, -0.1) is 0 Å². The Labute approximate surface area is 234 Å². The molecule has 0 aliphatic rings. The number of amides is 1. The maximum Gasteiger partial charge on any atom is 0.253 e. The summed E-state index contributed by atoms with van der Waals surface area (Å²) in [6, 6.07) is 13.3. The average molecular weight is 535 g/mol. The molecule has 0 aliphatic heterocycles. The summed E-state index contributed by atoms with van der Waals surface area (Å²) in [5.41, 5.74) is 3.55. The highest BCUT2D eigenvalue weighted by molar-refractivity contribution is 6.17. The van der Waals surface area contributed by atoms with Gasteiger partial charge >= 0.3 is 0 Å². The van der Waals surface area contributed by atoms with Gasteiger partial charge in [0.2, 0.25) is 0 Å². The molecule has 0 atom stereocenters. The third kappa shape index (κ3) is 8.77. The van der Waals surface area contributed by atoms with E-state index in [1.54, 1.807) is 18.2 Å². The molecule has 0 saturated heterocycles. The molecular weight excluding hydrogens is 488 g/mol. The van der Waals surface area contributed by atoms with Gasteiger partial charge in [-0.2, -0.15) is 0 Å². The molecular formula is C33H46N2O4. The summed E-state index contributed by atoms with van der Waals surface area (Å²) in [6.45, 7) is 10.2. The van der Waals surface area contributed by atoms with Crippen LogP contribution in [0.25, 0.3) is 11.0 Å². The first kappa shape index (κ1) is 30.6. The highest BCUT2D eigenvalue weighted by Crippen LogP contribution is 2.30. The minimum absolute atomic E-state index is 0.0637. The zero-order valence-electron chi connectivity index (χ0n) is 24.3. The highest BCUT2D eigenvalue weighted by atomic mass is 16.5. The Kier molecular flexibility index (Phi) is 12.7. The lowest BCUT2D eigenvalue weighted by atomic mass is 9.96. The number of benzene rings is 2. The third-order valence-electron chi connectivity index (χ3n) is 7.20. The van der Waals surface area contributed by atoms with Crippen molar-refractivity contribution in [1.82, 2.24) is 10.2 Å². The maximum atomic E-state index is 13.8. The van der Waals surface area contributed by atoms with Crippen molar-refractivity contribution in [1.29, 1.82) is 0 Å². The quantitative estimate of drug-likeness (QED) is 0.138. The number of ketones is 1. The lowest BCUT2D eigenvalue weighted by Crippen LogP contribution is -2.27. The second-order valence-electron chi connectivity index (χ2n) is 10.3. The molecule has 3 aromatic rings. The lowest BCUT2D eigenvalue weighted by Gasteiger charge is -2.21. The van der Waals surface area contributed by atoms with Crippen molar-refractivity contribution < 1.29 is 18.7 Å². The molecule has 1 aromatic heterocycles. The Bertz CT molecular complexity index is 1170. The smallest absolute Gasteiger partial charge is 0.253 e. The van der Waals surface area contributed by atoms with Crippen LogP contribution in [0.3, 0.4) is 0 Å². The number of nitrogens with one attached hydrogen (secondary N) is 1. The number of aryl methyl sites for hydroxylation is 2. The second kappa shape index (κ2) is 16.2. The van der Waals surface area contributed by atoms with Crippen molar-refractivity contribution in [2.45, 2.75) is 78.6 Å². The van der Waals surface area contributed by atoms with E-state index in [1.165, 1.54) is 51.4 Å². The van der Waals surface area contributed by atoms with Crippen molar-refractivity contribution in [3.05, 3.63) is 70.5 Å². The number of furan rings is 1. The van der Waals surface area contributed by atoms with Crippen LogP contribution in [0.1, 0.15) is 103 Å². The predicted molar refractivity (Wildman–Crippen MR) is 159 cm³/mol. The molecule has 0 radical (unpaired) electrons. The van der Waals surface area contributed by atoms with E-state index in [9.17, 15) is 9.59 Å². The van der Waals surface area contributed by atoms with Gasteiger partial charge in [-0.25, -0.2) is 0 Å². The van der Waals surface area contributed by atoms with Crippen LogP contribution in [0, 0.1) is 0 Å². The lowest BCUT2D eigenvalue weighted by molar-refractivity contribution is 0.0872. The summed E-state index contributed by atoms with van der Waals surface area (Å²) in [4.78, 5) is 28.9. The van der Waals surface area contributed by atoms with Gasteiger partial charge in [0.05, 0.1) is 5.56 Å². The largest absolute Gasteiger partial charge is 0.460 e. The fraction of sp³-hybridized carbons (Fsp3) is 0.515. The van der Waals surface area contributed by atoms with E-state index in [0.29, 0.717) is 39.8 Å². The van der Waals surface area contributed by atoms with E-state index in [-0.39, 0.29) is 18.4 Å². The first-order valence-electron chi connectivity index (χ1n) is 14.7. The van der Waals surface area contributed by atoms with Crippen LogP contribution < -0.4 is 5.32 Å². The molecule has 6 heteroatoms. The maximum absolute atomic E-state index is 13.8. The van der Waals surface area contributed by atoms with Gasteiger partial charge in [0, 0.05) is 30.0 Å². The van der Waals surface area contributed by atoms with Crippen molar-refractivity contribution in [2.24, 2.45) is 0 Å². The summed E-state index contributed by atoms with van der Waals surface area (Å²) in [7, 11) is 1.53. The summed E-state index contributed by atoms with van der Waals surface area (Å²) < 4.78 is 11.1. The number of fused-ring (bicyclic) bond motifs is 1. The molecule has 0 saturated carbocycles. The fourth-order valence-corrected chi connectivity index (χ4v) is 4.86. The molecule has 39 heavy (non-hydrogen) atoms. The van der Waals surface area contributed by atoms with Crippen molar-refractivity contribution >= 4 is 22.7 Å². The second-order valence-corrected chi connectivity index (χ2v) is 10.3. The van der Waals surface area contributed by atoms with E-state index in [4.69, 9.17) is 9.15 Å². The molecule has 0 aliphatic carbocycles. The Morgan fingerprint density at radius 1 is 0.821 bits per heavy atom. The molecule has 1 amide bonds. The average Bonchev–Trinajstić information content (AvgIpc) is 3.33. The molecule has 3 rings (SSSR count). The molecule has 212 valence electrons. The summed E-state index contributed by atoms with van der Waals surface area (Å²) >= 11 is 0. The SMILES string of the molecule is CCCCc1oc2ccc(C(=O)NCOC)cc2c1C(=O)c1ccc(CCCN(CCCC)CCCC)cc1. The number of unbranched alkanes of at least 4 members (excludes halogenated alkanes) is 3. The van der Waals surface area contributed by atoms with Gasteiger partial charge in [-0.1, -0.05) is 64.3 Å². The van der Waals surface area contributed by atoms with Gasteiger partial charge in [-0.05, 0) is 75.5 Å². The van der Waals surface area contributed by atoms with E-state index in [1.807, 2.05) is 12.1 Å². The zero-order chi connectivity index (χ0) is 28.0. The van der Waals surface area contributed by atoms with Gasteiger partial charge in [0.15, 0.2) is 5.78 Å². The first-order valence-corrected chi connectivity index (χ1v) is 14.7. The molecule has 1 N–H and O–H groups in total. The molecule has 6 nitrogen and oxygen atoms in total. The van der Waals surface area contributed by atoms with E-state index >= 15 is 0 Å². The number of nitrogens with zero attached hydrogens (tertiary/aromatic N) is 1. The fourth-order valence-electron chi connectivity index (χ4n) is 4.86. The number of rotatable bonds is 18. The van der Waals surface area contributed by atoms with Crippen LogP contribution in [0.15, 0.2) is 46.9 Å². The van der Waals surface area contributed by atoms with E-state index in [0.717, 1.165) is 32.2 Å². The van der Waals surface area contributed by atoms with Gasteiger partial charge in [0.1, 0.15) is 18.1 Å². The number of carbonyl (C=O) groups excluding carboxylic acids is 2. The summed E-state index contributed by atoms with van der Waals surface area (Å²) in [6.07, 6.45) is 9.68. The highest BCUT2D eigenvalue weighted by Gasteiger charge is 2.23. The van der Waals surface area contributed by atoms with Crippen LogP contribution in [-0.4, -0.2) is 50.1 Å². The predicted octanol–water partition coefficient (Wildman–Crippen LogP) is 7.17. The van der Waals surface area contributed by atoms with Crippen molar-refractivity contribution in [2.75, 3.05) is 33.5 Å². The number of hydrogen-bond donors (Lipinski definition) is 1. The number of carbonyl (C=O) groups is 2. The van der Waals surface area contributed by atoms with Gasteiger partial charge in [0.25, 0.3) is 5.91 Å². The minimum Gasteiger partial charge on any atom is -0.460 e. The number of hydrogen-bond acceptors (Lipinski definition) is 5. The Morgan fingerprint density at radius 2 is 1.46 bits per heavy atom. The molecule has 2 aromatic carbocycles. The first-order chi connectivity index (χ1) is 19.0. The number of methoxy groups -OCH3 is 1. The van der Waals surface area contributed by atoms with E-state index in [2.05, 4.69) is 43.1 Å². The number of ether oxygens (including phenoxy) is 1. The van der Waals surface area contributed by atoms with Crippen LogP contribution in [-0.2, 0) is 17.6 Å².